The second-order valence-electron chi connectivity index (χ2n) is 9.51. The van der Waals surface area contributed by atoms with Crippen LogP contribution in [0, 0.1) is 12.7 Å². The third kappa shape index (κ3) is 5.38. The Morgan fingerprint density at radius 2 is 1.64 bits per heavy atom. The van der Waals surface area contributed by atoms with Gasteiger partial charge in [-0.25, -0.2) is 9.37 Å². The lowest BCUT2D eigenvalue weighted by Crippen LogP contribution is -2.22. The number of aromatic nitrogens is 3. The van der Waals surface area contributed by atoms with Gasteiger partial charge in [0.25, 0.3) is 5.88 Å². The fourth-order valence-electron chi connectivity index (χ4n) is 4.67. The number of benzene rings is 2. The molecule has 10 heteroatoms. The lowest BCUT2D eigenvalue weighted by Gasteiger charge is -2.15. The SMILES string of the molecule is COc1cc(CC(=O)c2cn(C)c(C)c(-c3ccc(F)cc3)c2=O)ccc1Oc1ccnc2cc(OC)c(OC)nc12. The van der Waals surface area contributed by atoms with E-state index in [0.29, 0.717) is 56.4 Å². The number of carbonyl (C=O) groups is 1. The van der Waals surface area contributed by atoms with Crippen LogP contribution in [0.1, 0.15) is 21.6 Å². The van der Waals surface area contributed by atoms with Crippen molar-refractivity contribution in [3.05, 3.63) is 99.9 Å². The van der Waals surface area contributed by atoms with E-state index in [9.17, 15) is 14.0 Å². The first-order valence-electron chi connectivity index (χ1n) is 13.0. The summed E-state index contributed by atoms with van der Waals surface area (Å²) in [5.74, 6) is 1.15. The summed E-state index contributed by atoms with van der Waals surface area (Å²) in [6.07, 6.45) is 3.08. The number of ether oxygens (including phenoxy) is 4. The fraction of sp³-hybridized carbons (Fsp3) is 0.188. The standard InChI is InChI=1S/C32H28FN3O6/c1-18-29(20-7-9-21(33)10-8-20)31(38)22(17-36(18)2)24(37)14-19-6-11-25(27(15-19)39-3)42-26-12-13-34-23-16-28(40-4)32(41-5)35-30(23)26/h6-13,15-17H,14H2,1-5H3. The molecule has 214 valence electrons. The van der Waals surface area contributed by atoms with Gasteiger partial charge in [-0.3, -0.25) is 14.6 Å². The zero-order chi connectivity index (χ0) is 30.0. The molecule has 0 aliphatic heterocycles. The molecule has 3 heterocycles. The molecular weight excluding hydrogens is 541 g/mol. The summed E-state index contributed by atoms with van der Waals surface area (Å²) in [6, 6.07) is 14.1. The highest BCUT2D eigenvalue weighted by atomic mass is 19.1. The van der Waals surface area contributed by atoms with Crippen molar-refractivity contribution in [2.75, 3.05) is 21.3 Å². The maximum atomic E-state index is 13.5. The Morgan fingerprint density at radius 1 is 0.905 bits per heavy atom. The highest BCUT2D eigenvalue weighted by Gasteiger charge is 2.20. The lowest BCUT2D eigenvalue weighted by molar-refractivity contribution is 0.0991. The number of fused-ring (bicyclic) bond motifs is 1. The lowest BCUT2D eigenvalue weighted by atomic mass is 9.97. The van der Waals surface area contributed by atoms with Crippen LogP contribution in [-0.2, 0) is 13.5 Å². The number of pyridine rings is 3. The molecule has 5 rings (SSSR count). The van der Waals surface area contributed by atoms with Gasteiger partial charge in [-0.15, -0.1) is 0 Å². The minimum atomic E-state index is -0.407. The van der Waals surface area contributed by atoms with Crippen molar-refractivity contribution in [2.45, 2.75) is 13.3 Å². The molecule has 0 aliphatic carbocycles. The Labute approximate surface area is 241 Å². The van der Waals surface area contributed by atoms with Gasteiger partial charge in [0.2, 0.25) is 0 Å². The summed E-state index contributed by atoms with van der Waals surface area (Å²) >= 11 is 0. The summed E-state index contributed by atoms with van der Waals surface area (Å²) in [4.78, 5) is 35.7. The topological polar surface area (TPSA) is 102 Å². The van der Waals surface area contributed by atoms with E-state index in [4.69, 9.17) is 18.9 Å². The van der Waals surface area contributed by atoms with Gasteiger partial charge in [-0.05, 0) is 42.3 Å². The second-order valence-corrected chi connectivity index (χ2v) is 9.51. The minimum Gasteiger partial charge on any atom is -0.493 e. The average molecular weight is 570 g/mol. The maximum Gasteiger partial charge on any atom is 0.257 e. The Morgan fingerprint density at radius 3 is 2.33 bits per heavy atom. The predicted octanol–water partition coefficient (Wildman–Crippen LogP) is 5.69. The zero-order valence-electron chi connectivity index (χ0n) is 23.7. The Kier molecular flexibility index (Phi) is 7.88. The normalized spacial score (nSPS) is 10.9. The Balaban J connectivity index is 1.44. The molecule has 0 amide bonds. The van der Waals surface area contributed by atoms with Gasteiger partial charge in [0, 0.05) is 49.3 Å². The average Bonchev–Trinajstić information content (AvgIpc) is 3.00. The van der Waals surface area contributed by atoms with Crippen LogP contribution in [0.2, 0.25) is 0 Å². The Bertz CT molecular complexity index is 1870. The van der Waals surface area contributed by atoms with E-state index >= 15 is 0 Å². The van der Waals surface area contributed by atoms with Crippen LogP contribution in [-0.4, -0.2) is 41.6 Å². The minimum absolute atomic E-state index is 0.0421. The van der Waals surface area contributed by atoms with Gasteiger partial charge in [0.05, 0.1) is 32.4 Å². The molecule has 2 aromatic carbocycles. The van der Waals surface area contributed by atoms with Gasteiger partial charge in [-0.2, -0.15) is 0 Å². The smallest absolute Gasteiger partial charge is 0.257 e. The van der Waals surface area contributed by atoms with Gasteiger partial charge in [0.15, 0.2) is 34.2 Å². The van der Waals surface area contributed by atoms with Crippen LogP contribution in [0.3, 0.4) is 0 Å². The highest BCUT2D eigenvalue weighted by Crippen LogP contribution is 2.37. The fourth-order valence-corrected chi connectivity index (χ4v) is 4.67. The van der Waals surface area contributed by atoms with Crippen LogP contribution < -0.4 is 24.4 Å². The molecule has 0 spiro atoms. The summed E-state index contributed by atoms with van der Waals surface area (Å²) in [7, 11) is 6.27. The van der Waals surface area contributed by atoms with Crippen LogP contribution in [0.15, 0.2) is 71.8 Å². The second kappa shape index (κ2) is 11.7. The molecular formula is C32H28FN3O6. The molecule has 0 bridgehead atoms. The molecule has 9 nitrogen and oxygen atoms in total. The van der Waals surface area contributed by atoms with E-state index in [1.807, 2.05) is 0 Å². The first kappa shape index (κ1) is 28.3. The van der Waals surface area contributed by atoms with Crippen molar-refractivity contribution in [1.82, 2.24) is 14.5 Å². The maximum absolute atomic E-state index is 13.5. The number of ketones is 1. The highest BCUT2D eigenvalue weighted by molar-refractivity contribution is 5.98. The molecule has 0 N–H and O–H groups in total. The van der Waals surface area contributed by atoms with Gasteiger partial charge in [-0.1, -0.05) is 18.2 Å². The molecule has 42 heavy (non-hydrogen) atoms. The van der Waals surface area contributed by atoms with Crippen LogP contribution in [0.5, 0.6) is 28.9 Å². The molecule has 0 fully saturated rings. The summed E-state index contributed by atoms with van der Waals surface area (Å²) in [5.41, 5.74) is 2.84. The number of nitrogens with zero attached hydrogens (tertiary/aromatic N) is 3. The molecule has 0 saturated heterocycles. The van der Waals surface area contributed by atoms with Crippen molar-refractivity contribution in [2.24, 2.45) is 7.05 Å². The van der Waals surface area contributed by atoms with E-state index in [1.165, 1.54) is 51.8 Å². The van der Waals surface area contributed by atoms with Crippen LogP contribution in [0.4, 0.5) is 4.39 Å². The van der Waals surface area contributed by atoms with Crippen molar-refractivity contribution < 1.29 is 28.1 Å². The number of hydrogen-bond donors (Lipinski definition) is 0. The van der Waals surface area contributed by atoms with Gasteiger partial charge in [0.1, 0.15) is 11.3 Å². The number of aryl methyl sites for hydroxylation is 1. The number of Topliss-reactive ketones (excluding diaryl/α,β-unsaturated/α-hetero) is 1. The van der Waals surface area contributed by atoms with Crippen molar-refractivity contribution in [1.29, 1.82) is 0 Å². The molecule has 0 atom stereocenters. The van der Waals surface area contributed by atoms with Gasteiger partial charge >= 0.3 is 0 Å². The largest absolute Gasteiger partial charge is 0.493 e. The number of rotatable bonds is 9. The number of hydrogen-bond acceptors (Lipinski definition) is 8. The summed E-state index contributed by atoms with van der Waals surface area (Å²) < 4.78 is 37.6. The van der Waals surface area contributed by atoms with E-state index in [-0.39, 0.29) is 23.6 Å². The summed E-state index contributed by atoms with van der Waals surface area (Å²) in [6.45, 7) is 1.78. The molecule has 5 aromatic rings. The first-order valence-corrected chi connectivity index (χ1v) is 13.0. The zero-order valence-corrected chi connectivity index (χ0v) is 23.7. The Hall–Kier alpha value is -5.25. The van der Waals surface area contributed by atoms with Crippen LogP contribution >= 0.6 is 0 Å². The molecule has 3 aromatic heterocycles. The third-order valence-electron chi connectivity index (χ3n) is 6.95. The number of halogens is 1. The van der Waals surface area contributed by atoms with Crippen molar-refractivity contribution in [3.8, 4) is 40.0 Å². The van der Waals surface area contributed by atoms with Crippen molar-refractivity contribution >= 4 is 16.8 Å². The first-order chi connectivity index (χ1) is 20.2. The van der Waals surface area contributed by atoms with Crippen LogP contribution in [0.25, 0.3) is 22.2 Å². The number of carbonyl (C=O) groups excluding carboxylic acids is 1. The predicted molar refractivity (Wildman–Crippen MR) is 156 cm³/mol. The third-order valence-corrected chi connectivity index (χ3v) is 6.95. The molecule has 0 unspecified atom stereocenters. The van der Waals surface area contributed by atoms with Gasteiger partial charge < -0.3 is 23.5 Å². The molecule has 0 aliphatic rings. The molecule has 0 saturated carbocycles. The quantitative estimate of drug-likeness (QED) is 0.209. The number of methoxy groups -OCH3 is 3. The van der Waals surface area contributed by atoms with E-state index in [2.05, 4.69) is 9.97 Å². The van der Waals surface area contributed by atoms with Crippen molar-refractivity contribution in [3.63, 3.8) is 0 Å². The summed E-state index contributed by atoms with van der Waals surface area (Å²) in [5, 5.41) is 0. The van der Waals surface area contributed by atoms with E-state index < -0.39 is 11.2 Å². The van der Waals surface area contributed by atoms with E-state index in [1.54, 1.807) is 55.1 Å². The van der Waals surface area contributed by atoms with E-state index in [0.717, 1.165) is 0 Å². The monoisotopic (exact) mass is 569 g/mol. The molecule has 0 radical (unpaired) electrons.